The zero-order chi connectivity index (χ0) is 15.9. The Morgan fingerprint density at radius 3 is 1.00 bits per heavy atom. The Morgan fingerprint density at radius 1 is 0.500 bits per heavy atom. The molecule has 0 radical (unpaired) electrons. The Labute approximate surface area is 134 Å². The summed E-state index contributed by atoms with van der Waals surface area (Å²) in [6.45, 7) is 0. The van der Waals surface area contributed by atoms with Crippen molar-refractivity contribution < 1.29 is 18.1 Å². The molecule has 0 N–H and O–H groups in total. The van der Waals surface area contributed by atoms with Gasteiger partial charge in [-0.1, -0.05) is 24.3 Å². The molecule has 2 aromatic rings. The van der Waals surface area contributed by atoms with Gasteiger partial charge in [0.1, 0.15) is 0 Å². The first-order valence-corrected chi connectivity index (χ1v) is 9.06. The van der Waals surface area contributed by atoms with Gasteiger partial charge in [-0.2, -0.15) is 0 Å². The lowest BCUT2D eigenvalue weighted by atomic mass is 10.1. The molecule has 0 bridgehead atoms. The third-order valence-electron chi connectivity index (χ3n) is 3.15. The molecule has 0 fully saturated rings. The molecular weight excluding hydrogens is 318 g/mol. The highest BCUT2D eigenvalue weighted by atomic mass is 31.2. The van der Waals surface area contributed by atoms with Crippen LogP contribution in [0.5, 0.6) is 0 Å². The Bertz CT molecular complexity index is 510. The summed E-state index contributed by atoms with van der Waals surface area (Å²) in [4.78, 5) is 0. The molecule has 2 rings (SSSR count). The molecule has 0 saturated carbocycles. The molecule has 2 aromatic carbocycles. The van der Waals surface area contributed by atoms with Crippen molar-refractivity contribution in [3.05, 3.63) is 48.5 Å². The molecule has 22 heavy (non-hydrogen) atoms. The highest BCUT2D eigenvalue weighted by Gasteiger charge is 2.11. The van der Waals surface area contributed by atoms with Crippen molar-refractivity contribution in [2.75, 3.05) is 28.4 Å². The van der Waals surface area contributed by atoms with Crippen molar-refractivity contribution >= 4 is 27.4 Å². The molecule has 0 aliphatic heterocycles. The van der Waals surface area contributed by atoms with Gasteiger partial charge in [-0.25, -0.2) is 0 Å². The lowest BCUT2D eigenvalue weighted by Gasteiger charge is -2.14. The topological polar surface area (TPSA) is 36.9 Å². The smallest absolute Gasteiger partial charge is 0.204 e. The molecule has 6 heteroatoms. The van der Waals surface area contributed by atoms with Crippen LogP contribution in [0.2, 0.25) is 0 Å². The largest absolute Gasteiger partial charge is 0.334 e. The van der Waals surface area contributed by atoms with Crippen LogP contribution in [0.25, 0.3) is 11.1 Å². The van der Waals surface area contributed by atoms with Crippen molar-refractivity contribution in [3.8, 4) is 11.1 Å². The van der Waals surface area contributed by atoms with E-state index in [1.807, 2.05) is 24.3 Å². The van der Waals surface area contributed by atoms with Gasteiger partial charge in [-0.3, -0.25) is 0 Å². The van der Waals surface area contributed by atoms with E-state index in [9.17, 15) is 0 Å². The molecular formula is C16H20O4P2. The minimum Gasteiger partial charge on any atom is -0.334 e. The molecule has 0 unspecified atom stereocenters. The summed E-state index contributed by atoms with van der Waals surface area (Å²) >= 11 is 0. The van der Waals surface area contributed by atoms with Crippen molar-refractivity contribution in [1.82, 2.24) is 0 Å². The average Bonchev–Trinajstić information content (AvgIpc) is 2.58. The van der Waals surface area contributed by atoms with E-state index in [0.29, 0.717) is 0 Å². The van der Waals surface area contributed by atoms with Crippen LogP contribution >= 0.6 is 16.8 Å². The first-order valence-electron chi connectivity index (χ1n) is 6.70. The van der Waals surface area contributed by atoms with Crippen LogP contribution in [-0.2, 0) is 18.1 Å². The summed E-state index contributed by atoms with van der Waals surface area (Å²) in [5.41, 5.74) is 2.30. The van der Waals surface area contributed by atoms with Crippen LogP contribution in [-0.4, -0.2) is 28.4 Å². The molecule has 0 amide bonds. The fourth-order valence-corrected chi connectivity index (χ4v) is 4.05. The lowest BCUT2D eigenvalue weighted by molar-refractivity contribution is 0.350. The summed E-state index contributed by atoms with van der Waals surface area (Å²) in [5.74, 6) is 0. The normalized spacial score (nSPS) is 11.4. The monoisotopic (exact) mass is 338 g/mol. The summed E-state index contributed by atoms with van der Waals surface area (Å²) in [6, 6.07) is 16.5. The molecule has 0 heterocycles. The fraction of sp³-hybridized carbons (Fsp3) is 0.250. The van der Waals surface area contributed by atoms with E-state index in [4.69, 9.17) is 18.1 Å². The van der Waals surface area contributed by atoms with E-state index >= 15 is 0 Å². The second kappa shape index (κ2) is 8.69. The second-order valence-corrected chi connectivity index (χ2v) is 7.86. The molecule has 0 aliphatic carbocycles. The van der Waals surface area contributed by atoms with Crippen molar-refractivity contribution in [2.24, 2.45) is 0 Å². The van der Waals surface area contributed by atoms with E-state index in [0.717, 1.165) is 21.7 Å². The van der Waals surface area contributed by atoms with Crippen molar-refractivity contribution in [3.63, 3.8) is 0 Å². The molecule has 0 saturated heterocycles. The number of hydrogen-bond donors (Lipinski definition) is 0. The van der Waals surface area contributed by atoms with Crippen molar-refractivity contribution in [1.29, 1.82) is 0 Å². The van der Waals surface area contributed by atoms with Gasteiger partial charge in [0.2, 0.25) is 16.8 Å². The molecule has 0 spiro atoms. The number of hydrogen-bond acceptors (Lipinski definition) is 4. The van der Waals surface area contributed by atoms with Crippen LogP contribution in [0.1, 0.15) is 0 Å². The van der Waals surface area contributed by atoms with E-state index < -0.39 is 16.8 Å². The summed E-state index contributed by atoms with van der Waals surface area (Å²) in [5, 5.41) is 2.12. The van der Waals surface area contributed by atoms with E-state index in [1.54, 1.807) is 28.4 Å². The van der Waals surface area contributed by atoms with E-state index in [2.05, 4.69) is 24.3 Å². The summed E-state index contributed by atoms with van der Waals surface area (Å²) < 4.78 is 21.3. The van der Waals surface area contributed by atoms with Gasteiger partial charge in [0.05, 0.1) is 0 Å². The third kappa shape index (κ3) is 4.11. The number of rotatable bonds is 7. The molecule has 0 aliphatic rings. The highest BCUT2D eigenvalue weighted by molar-refractivity contribution is 7.56. The molecule has 0 aromatic heterocycles. The summed E-state index contributed by atoms with van der Waals surface area (Å²) in [6.07, 6.45) is 0. The Morgan fingerprint density at radius 2 is 0.773 bits per heavy atom. The Balaban J connectivity index is 2.18. The lowest BCUT2D eigenvalue weighted by Crippen LogP contribution is -2.03. The second-order valence-electron chi connectivity index (χ2n) is 4.34. The predicted molar refractivity (Wildman–Crippen MR) is 93.0 cm³/mol. The molecule has 0 atom stereocenters. The summed E-state index contributed by atoms with van der Waals surface area (Å²) in [7, 11) is 4.67. The minimum atomic E-state index is -0.981. The third-order valence-corrected chi connectivity index (χ3v) is 5.92. The maximum Gasteiger partial charge on any atom is 0.204 e. The Kier molecular flexibility index (Phi) is 6.91. The highest BCUT2D eigenvalue weighted by Crippen LogP contribution is 2.36. The quantitative estimate of drug-likeness (QED) is 0.720. The van der Waals surface area contributed by atoms with E-state index in [1.165, 1.54) is 0 Å². The van der Waals surface area contributed by atoms with Gasteiger partial charge < -0.3 is 18.1 Å². The van der Waals surface area contributed by atoms with Crippen LogP contribution < -0.4 is 10.6 Å². The Hall–Kier alpha value is -0.860. The zero-order valence-electron chi connectivity index (χ0n) is 13.1. The van der Waals surface area contributed by atoms with Gasteiger partial charge in [-0.15, -0.1) is 0 Å². The first kappa shape index (κ1) is 17.5. The average molecular weight is 338 g/mol. The molecule has 118 valence electrons. The van der Waals surface area contributed by atoms with Crippen LogP contribution in [0, 0.1) is 0 Å². The fourth-order valence-electron chi connectivity index (χ4n) is 2.12. The van der Waals surface area contributed by atoms with Crippen molar-refractivity contribution in [2.45, 2.75) is 0 Å². The van der Waals surface area contributed by atoms with Crippen LogP contribution in [0.3, 0.4) is 0 Å². The SMILES string of the molecule is COP(OC)c1ccc(-c2ccc(P(OC)OC)cc2)cc1. The first-order chi connectivity index (χ1) is 10.7. The van der Waals surface area contributed by atoms with Gasteiger partial charge in [0.25, 0.3) is 0 Å². The van der Waals surface area contributed by atoms with Gasteiger partial charge >= 0.3 is 0 Å². The predicted octanol–water partition coefficient (Wildman–Crippen LogP) is 3.81. The van der Waals surface area contributed by atoms with E-state index in [-0.39, 0.29) is 0 Å². The number of benzene rings is 2. The van der Waals surface area contributed by atoms with Gasteiger partial charge in [0.15, 0.2) is 0 Å². The standard InChI is InChI=1S/C16H20O4P2/c1-17-21(18-2)15-9-5-13(6-10-15)14-7-11-16(12-8-14)22(19-3)20-4/h5-12H,1-4H3. The minimum absolute atomic E-state index is 0.981. The zero-order valence-corrected chi connectivity index (χ0v) is 14.9. The maximum atomic E-state index is 5.31. The molecule has 4 nitrogen and oxygen atoms in total. The van der Waals surface area contributed by atoms with Crippen LogP contribution in [0.15, 0.2) is 48.5 Å². The van der Waals surface area contributed by atoms with Gasteiger partial charge in [-0.05, 0) is 35.4 Å². The van der Waals surface area contributed by atoms with Crippen LogP contribution in [0.4, 0.5) is 0 Å². The van der Waals surface area contributed by atoms with Gasteiger partial charge in [0, 0.05) is 39.0 Å². The maximum absolute atomic E-state index is 5.31.